The van der Waals surface area contributed by atoms with Crippen molar-refractivity contribution in [3.05, 3.63) is 12.4 Å². The first-order valence-corrected chi connectivity index (χ1v) is 7.68. The molecule has 1 aromatic heterocycles. The molecule has 2 heterocycles. The molecule has 106 valence electrons. The van der Waals surface area contributed by atoms with Crippen LogP contribution in [0.3, 0.4) is 0 Å². The summed E-state index contributed by atoms with van der Waals surface area (Å²) in [4.78, 5) is 13.9. The Labute approximate surface area is 117 Å². The van der Waals surface area contributed by atoms with E-state index in [9.17, 15) is 9.90 Å². The molecule has 0 spiro atoms. The van der Waals surface area contributed by atoms with E-state index in [0.29, 0.717) is 12.2 Å². The molecule has 1 atom stereocenters. The maximum absolute atomic E-state index is 12.2. The largest absolute Gasteiger partial charge is 0.394 e. The van der Waals surface area contributed by atoms with Crippen LogP contribution in [0.4, 0.5) is 10.5 Å². The van der Waals surface area contributed by atoms with Crippen molar-refractivity contribution in [3.63, 3.8) is 0 Å². The van der Waals surface area contributed by atoms with Gasteiger partial charge in [-0.2, -0.15) is 16.9 Å². The minimum atomic E-state index is -0.157. The summed E-state index contributed by atoms with van der Waals surface area (Å²) in [5.41, 5.74) is 0.702. The van der Waals surface area contributed by atoms with Gasteiger partial charge in [-0.15, -0.1) is 0 Å². The average Bonchev–Trinajstić information content (AvgIpc) is 2.86. The number of thioether (sulfide) groups is 1. The first-order chi connectivity index (χ1) is 9.24. The smallest absolute Gasteiger partial charge is 0.322 e. The second-order valence-corrected chi connectivity index (χ2v) is 5.68. The molecule has 1 fully saturated rings. The predicted molar refractivity (Wildman–Crippen MR) is 76.4 cm³/mol. The number of aromatic nitrogens is 2. The Balaban J connectivity index is 1.95. The standard InChI is InChI=1S/C12H20N4O2S/c1-2-3-15-7-10(6-13-15)14-12(18)16-4-5-19-9-11(16)8-17/h6-7,11,17H,2-5,8-9H2,1H3,(H,14,18). The third kappa shape index (κ3) is 3.63. The number of carbonyl (C=O) groups is 1. The first kappa shape index (κ1) is 14.2. The fourth-order valence-electron chi connectivity index (χ4n) is 2.05. The summed E-state index contributed by atoms with van der Waals surface area (Å²) in [6, 6.07) is -0.250. The fraction of sp³-hybridized carbons (Fsp3) is 0.667. The number of aliphatic hydroxyl groups is 1. The minimum Gasteiger partial charge on any atom is -0.394 e. The summed E-state index contributed by atoms with van der Waals surface area (Å²) in [6.07, 6.45) is 4.49. The number of nitrogens with zero attached hydrogens (tertiary/aromatic N) is 3. The topological polar surface area (TPSA) is 70.4 Å². The van der Waals surface area contributed by atoms with Gasteiger partial charge in [0.2, 0.25) is 0 Å². The first-order valence-electron chi connectivity index (χ1n) is 6.53. The number of aryl methyl sites for hydroxylation is 1. The second-order valence-electron chi connectivity index (χ2n) is 4.53. The maximum atomic E-state index is 12.2. The molecule has 0 aliphatic carbocycles. The molecule has 6 nitrogen and oxygen atoms in total. The Morgan fingerprint density at radius 2 is 2.53 bits per heavy atom. The monoisotopic (exact) mass is 284 g/mol. The predicted octanol–water partition coefficient (Wildman–Crippen LogP) is 1.23. The molecule has 1 aliphatic rings. The number of hydrogen-bond acceptors (Lipinski definition) is 4. The molecule has 0 radical (unpaired) electrons. The van der Waals surface area contributed by atoms with E-state index in [2.05, 4.69) is 17.3 Å². The van der Waals surface area contributed by atoms with E-state index in [0.717, 1.165) is 24.5 Å². The van der Waals surface area contributed by atoms with Gasteiger partial charge in [-0.1, -0.05) is 6.92 Å². The van der Waals surface area contributed by atoms with Crippen molar-refractivity contribution in [2.45, 2.75) is 25.9 Å². The highest BCUT2D eigenvalue weighted by atomic mass is 32.2. The molecule has 7 heteroatoms. The lowest BCUT2D eigenvalue weighted by molar-refractivity contribution is 0.154. The summed E-state index contributed by atoms with van der Waals surface area (Å²) >= 11 is 1.77. The Morgan fingerprint density at radius 1 is 1.68 bits per heavy atom. The van der Waals surface area contributed by atoms with Crippen LogP contribution in [0.15, 0.2) is 12.4 Å². The SMILES string of the molecule is CCCn1cc(NC(=O)N2CCSCC2CO)cn1. The van der Waals surface area contributed by atoms with Crippen LogP contribution in [0.2, 0.25) is 0 Å². The molecule has 1 saturated heterocycles. The molecule has 0 saturated carbocycles. The Kier molecular flexibility index (Phi) is 5.09. The summed E-state index contributed by atoms with van der Waals surface area (Å²) in [7, 11) is 0. The molecule has 2 rings (SSSR count). The van der Waals surface area contributed by atoms with Crippen LogP contribution in [0.1, 0.15) is 13.3 Å². The third-order valence-corrected chi connectivity index (χ3v) is 4.13. The van der Waals surface area contributed by atoms with Gasteiger partial charge in [0.1, 0.15) is 0 Å². The van der Waals surface area contributed by atoms with Gasteiger partial charge in [0.25, 0.3) is 0 Å². The second kappa shape index (κ2) is 6.81. The molecular formula is C12H20N4O2S. The molecule has 2 N–H and O–H groups in total. The molecule has 1 unspecified atom stereocenters. The maximum Gasteiger partial charge on any atom is 0.322 e. The molecule has 19 heavy (non-hydrogen) atoms. The van der Waals surface area contributed by atoms with Gasteiger partial charge < -0.3 is 15.3 Å². The van der Waals surface area contributed by atoms with Crippen molar-refractivity contribution in [2.75, 3.05) is 30.0 Å². The summed E-state index contributed by atoms with van der Waals surface area (Å²) in [5.74, 6) is 1.71. The normalized spacial score (nSPS) is 19.5. The summed E-state index contributed by atoms with van der Waals surface area (Å²) in [5, 5.41) is 16.3. The van der Waals surface area contributed by atoms with Gasteiger partial charge in [-0.3, -0.25) is 4.68 Å². The Hall–Kier alpha value is -1.21. The van der Waals surface area contributed by atoms with E-state index in [1.54, 1.807) is 22.9 Å². The number of aliphatic hydroxyl groups excluding tert-OH is 1. The average molecular weight is 284 g/mol. The number of hydrogen-bond donors (Lipinski definition) is 2. The highest BCUT2D eigenvalue weighted by Gasteiger charge is 2.26. The van der Waals surface area contributed by atoms with Crippen LogP contribution in [0.25, 0.3) is 0 Å². The van der Waals surface area contributed by atoms with E-state index in [1.165, 1.54) is 0 Å². The Bertz CT molecular complexity index is 424. The van der Waals surface area contributed by atoms with Crippen molar-refractivity contribution in [1.29, 1.82) is 0 Å². The van der Waals surface area contributed by atoms with E-state index >= 15 is 0 Å². The highest BCUT2D eigenvalue weighted by molar-refractivity contribution is 7.99. The third-order valence-electron chi connectivity index (χ3n) is 3.04. The number of carbonyl (C=O) groups excluding carboxylic acids is 1. The van der Waals surface area contributed by atoms with Crippen LogP contribution < -0.4 is 5.32 Å². The molecule has 0 bridgehead atoms. The highest BCUT2D eigenvalue weighted by Crippen LogP contribution is 2.17. The van der Waals surface area contributed by atoms with Crippen molar-refractivity contribution < 1.29 is 9.90 Å². The van der Waals surface area contributed by atoms with E-state index in [4.69, 9.17) is 0 Å². The van der Waals surface area contributed by atoms with E-state index < -0.39 is 0 Å². The zero-order valence-corrected chi connectivity index (χ0v) is 11.9. The van der Waals surface area contributed by atoms with Crippen LogP contribution in [-0.2, 0) is 6.54 Å². The zero-order valence-electron chi connectivity index (χ0n) is 11.1. The van der Waals surface area contributed by atoms with Gasteiger partial charge in [0.05, 0.1) is 24.5 Å². The lowest BCUT2D eigenvalue weighted by Gasteiger charge is -2.33. The van der Waals surface area contributed by atoms with Crippen molar-refractivity contribution >= 4 is 23.5 Å². The van der Waals surface area contributed by atoms with Gasteiger partial charge in [0, 0.05) is 30.8 Å². The number of anilines is 1. The van der Waals surface area contributed by atoms with Crippen molar-refractivity contribution in [1.82, 2.24) is 14.7 Å². The lowest BCUT2D eigenvalue weighted by Crippen LogP contribution is -2.49. The number of nitrogens with one attached hydrogen (secondary N) is 1. The van der Waals surface area contributed by atoms with Gasteiger partial charge >= 0.3 is 6.03 Å². The fourth-order valence-corrected chi connectivity index (χ4v) is 3.10. The molecule has 1 aromatic rings. The quantitative estimate of drug-likeness (QED) is 0.872. The van der Waals surface area contributed by atoms with Crippen LogP contribution in [-0.4, -0.2) is 56.5 Å². The molecular weight excluding hydrogens is 264 g/mol. The summed E-state index contributed by atoms with van der Waals surface area (Å²) in [6.45, 7) is 3.60. The van der Waals surface area contributed by atoms with Gasteiger partial charge in [-0.25, -0.2) is 4.79 Å². The number of amides is 2. The minimum absolute atomic E-state index is 0.00944. The van der Waals surface area contributed by atoms with Crippen LogP contribution in [0.5, 0.6) is 0 Å². The number of rotatable bonds is 4. The van der Waals surface area contributed by atoms with Crippen LogP contribution >= 0.6 is 11.8 Å². The van der Waals surface area contributed by atoms with Crippen molar-refractivity contribution in [2.24, 2.45) is 0 Å². The zero-order chi connectivity index (χ0) is 13.7. The van der Waals surface area contributed by atoms with Gasteiger partial charge in [0.15, 0.2) is 0 Å². The molecule has 1 aliphatic heterocycles. The van der Waals surface area contributed by atoms with Crippen LogP contribution in [0, 0.1) is 0 Å². The lowest BCUT2D eigenvalue weighted by atomic mass is 10.3. The Morgan fingerprint density at radius 3 is 3.26 bits per heavy atom. The number of urea groups is 1. The van der Waals surface area contributed by atoms with E-state index in [-0.39, 0.29) is 18.7 Å². The molecule has 2 amide bonds. The van der Waals surface area contributed by atoms with Gasteiger partial charge in [-0.05, 0) is 6.42 Å². The van der Waals surface area contributed by atoms with E-state index in [1.807, 2.05) is 10.9 Å². The summed E-state index contributed by atoms with van der Waals surface area (Å²) < 4.78 is 1.81. The van der Waals surface area contributed by atoms with Crippen molar-refractivity contribution in [3.8, 4) is 0 Å². The molecule has 0 aromatic carbocycles.